The number of rotatable bonds is 6. The molecule has 30 heavy (non-hydrogen) atoms. The highest BCUT2D eigenvalue weighted by atomic mass is 16.4. The molecule has 0 fully saturated rings. The highest BCUT2D eigenvalue weighted by Crippen LogP contribution is 2.19. The number of allylic oxidation sites excluding steroid dienone is 1. The first-order valence-corrected chi connectivity index (χ1v) is 8.69. The Bertz CT molecular complexity index is 1070. The molecule has 0 saturated carbocycles. The summed E-state index contributed by atoms with van der Waals surface area (Å²) < 4.78 is 4.74. The van der Waals surface area contributed by atoms with Gasteiger partial charge in [-0.1, -0.05) is 0 Å². The van der Waals surface area contributed by atoms with Gasteiger partial charge in [0.05, 0.1) is 0 Å². The standard InChI is InChI=1S/C18H16N2O10/c21-14(22)9-3-7(4-10(19-9)15(23)24)1-2-20-11(16(25)26)5-8-6-12(17(27)28)30-18(29)13(8)20/h1,3,6,10-11,19H,2,4-5H2,(H,21,22)(H,23,24)(H,25,26)(H,27,28)/b7-1-/t10-,11-/m0/s1. The maximum absolute atomic E-state index is 12.3. The lowest BCUT2D eigenvalue weighted by atomic mass is 9.99. The van der Waals surface area contributed by atoms with Gasteiger partial charge in [0.1, 0.15) is 30.3 Å². The second kappa shape index (κ2) is 7.83. The van der Waals surface area contributed by atoms with Gasteiger partial charge in [0, 0.05) is 18.4 Å². The zero-order valence-electron chi connectivity index (χ0n) is 15.2. The molecule has 3 rings (SSSR count). The van der Waals surface area contributed by atoms with Crippen molar-refractivity contribution in [3.8, 4) is 0 Å². The van der Waals surface area contributed by atoms with Gasteiger partial charge < -0.3 is 35.0 Å². The highest BCUT2D eigenvalue weighted by Gasteiger charge is 2.39. The first-order valence-electron chi connectivity index (χ1n) is 8.69. The fourth-order valence-electron chi connectivity index (χ4n) is 3.55. The van der Waals surface area contributed by atoms with Crippen LogP contribution in [0.25, 0.3) is 0 Å². The normalized spacial score (nSPS) is 23.9. The van der Waals surface area contributed by atoms with Crippen molar-refractivity contribution >= 4 is 29.6 Å². The predicted octanol–water partition coefficient (Wildman–Crippen LogP) is -3.13. The molecular formula is C18H16N2O10. The molecule has 1 aromatic heterocycles. The van der Waals surface area contributed by atoms with Gasteiger partial charge in [0.25, 0.3) is 0 Å². The molecule has 2 aliphatic heterocycles. The van der Waals surface area contributed by atoms with Gasteiger partial charge >= 0.3 is 23.5 Å². The number of carbonyl (C=O) groups is 4. The Kier molecular flexibility index (Phi) is 5.43. The zero-order chi connectivity index (χ0) is 22.2. The van der Waals surface area contributed by atoms with E-state index in [4.69, 9.17) is 14.6 Å². The summed E-state index contributed by atoms with van der Waals surface area (Å²) in [4.78, 5) is 57.5. The fourth-order valence-corrected chi connectivity index (χ4v) is 3.55. The van der Waals surface area contributed by atoms with E-state index in [-0.39, 0.29) is 41.2 Å². The molecule has 0 radical (unpaired) electrons. The molecule has 1 unspecified atom stereocenters. The van der Waals surface area contributed by atoms with Crippen LogP contribution in [0.2, 0.25) is 0 Å². The van der Waals surface area contributed by atoms with Gasteiger partial charge in [-0.2, -0.15) is 0 Å². The molecule has 12 heteroatoms. The molecule has 0 amide bonds. The number of quaternary nitrogens is 1. The Morgan fingerprint density at radius 2 is 1.90 bits per heavy atom. The van der Waals surface area contributed by atoms with Crippen molar-refractivity contribution in [2.75, 3.05) is 6.54 Å². The lowest BCUT2D eigenvalue weighted by molar-refractivity contribution is -0.841. The quantitative estimate of drug-likeness (QED) is 0.312. The van der Waals surface area contributed by atoms with E-state index >= 15 is 0 Å². The third kappa shape index (κ3) is 3.93. The number of hydrogen-bond acceptors (Lipinski definition) is 8. The minimum Gasteiger partial charge on any atom is -0.544 e. The number of hydrogen-bond donors (Lipinski definition) is 5. The largest absolute Gasteiger partial charge is 0.544 e. The van der Waals surface area contributed by atoms with Crippen molar-refractivity contribution in [3.63, 3.8) is 0 Å². The molecule has 3 atom stereocenters. The third-order valence-corrected chi connectivity index (χ3v) is 4.91. The van der Waals surface area contributed by atoms with Crippen LogP contribution in [0.4, 0.5) is 5.69 Å². The van der Waals surface area contributed by atoms with Gasteiger partial charge in [-0.15, -0.1) is 0 Å². The van der Waals surface area contributed by atoms with E-state index in [1.807, 2.05) is 0 Å². The van der Waals surface area contributed by atoms with E-state index in [1.165, 1.54) is 12.2 Å². The molecule has 0 aliphatic carbocycles. The highest BCUT2D eigenvalue weighted by molar-refractivity contribution is 5.89. The van der Waals surface area contributed by atoms with Crippen LogP contribution in [0.1, 0.15) is 22.5 Å². The van der Waals surface area contributed by atoms with Gasteiger partial charge in [-0.05, 0) is 23.8 Å². The molecule has 2 aliphatic rings. The van der Waals surface area contributed by atoms with Crippen molar-refractivity contribution in [2.45, 2.75) is 24.9 Å². The first kappa shape index (κ1) is 20.8. The minimum absolute atomic E-state index is 0.0581. The summed E-state index contributed by atoms with van der Waals surface area (Å²) in [6.07, 6.45) is 2.44. The summed E-state index contributed by atoms with van der Waals surface area (Å²) in [7, 11) is 0. The average Bonchev–Trinajstić information content (AvgIpc) is 3.05. The lowest BCUT2D eigenvalue weighted by Gasteiger charge is -2.23. The Hall–Kier alpha value is -3.93. The maximum Gasteiger partial charge on any atom is 0.398 e. The molecule has 0 bridgehead atoms. The molecule has 0 aromatic carbocycles. The summed E-state index contributed by atoms with van der Waals surface area (Å²) in [5, 5.41) is 41.3. The number of nitrogens with one attached hydrogen (secondary N) is 2. The monoisotopic (exact) mass is 420 g/mol. The number of aromatic carboxylic acids is 1. The SMILES string of the molecule is O=C(O)C1=C/C(=C/C[NH+]2c3c(cc(C(=O)O)oc3=O)C[C@H]2C(=O)[O-])C[C@@H](C(=O)O)N1. The molecular weight excluding hydrogens is 404 g/mol. The molecule has 3 heterocycles. The van der Waals surface area contributed by atoms with Gasteiger partial charge in [-0.3, -0.25) is 4.90 Å². The summed E-state index contributed by atoms with van der Waals surface area (Å²) in [6, 6.07) is -1.31. The van der Waals surface area contributed by atoms with Crippen LogP contribution in [0, 0.1) is 0 Å². The van der Waals surface area contributed by atoms with Gasteiger partial charge in [0.15, 0.2) is 0 Å². The van der Waals surface area contributed by atoms with Crippen LogP contribution < -0.4 is 20.9 Å². The number of aliphatic carboxylic acids is 3. The molecule has 1 aromatic rings. The fraction of sp³-hybridized carbons (Fsp3) is 0.278. The van der Waals surface area contributed by atoms with Crippen LogP contribution in [0.15, 0.2) is 38.7 Å². The van der Waals surface area contributed by atoms with Crippen LogP contribution in [-0.4, -0.2) is 57.8 Å². The number of fused-ring (bicyclic) bond motifs is 1. The zero-order valence-corrected chi connectivity index (χ0v) is 15.2. The van der Waals surface area contributed by atoms with Gasteiger partial charge in [0.2, 0.25) is 11.4 Å². The van der Waals surface area contributed by atoms with E-state index < -0.39 is 47.3 Å². The first-order chi connectivity index (χ1) is 14.1. The molecule has 0 saturated heterocycles. The van der Waals surface area contributed by atoms with Crippen molar-refractivity contribution in [3.05, 3.63) is 51.2 Å². The van der Waals surface area contributed by atoms with Crippen LogP contribution >= 0.6 is 0 Å². The van der Waals surface area contributed by atoms with E-state index in [0.29, 0.717) is 5.57 Å². The Morgan fingerprint density at radius 1 is 1.20 bits per heavy atom. The summed E-state index contributed by atoms with van der Waals surface area (Å²) >= 11 is 0. The van der Waals surface area contributed by atoms with E-state index in [0.717, 1.165) is 6.07 Å². The van der Waals surface area contributed by atoms with Crippen LogP contribution in [0.3, 0.4) is 0 Å². The average molecular weight is 420 g/mol. The van der Waals surface area contributed by atoms with Crippen molar-refractivity contribution in [1.82, 2.24) is 5.32 Å². The topological polar surface area (TPSA) is 199 Å². The van der Waals surface area contributed by atoms with Crippen molar-refractivity contribution in [1.29, 1.82) is 0 Å². The number of carboxylic acids is 4. The van der Waals surface area contributed by atoms with Crippen molar-refractivity contribution < 1.29 is 48.9 Å². The number of carboxylic acid groups (broad SMARTS) is 4. The van der Waals surface area contributed by atoms with E-state index in [1.54, 1.807) is 0 Å². The number of carbonyl (C=O) groups excluding carboxylic acids is 1. The summed E-state index contributed by atoms with van der Waals surface area (Å²) in [5.41, 5.74) is -0.876. The molecule has 12 nitrogen and oxygen atoms in total. The van der Waals surface area contributed by atoms with Crippen LogP contribution in [0.5, 0.6) is 0 Å². The lowest BCUT2D eigenvalue weighted by Crippen LogP contribution is -3.12. The molecule has 0 spiro atoms. The second-order valence-corrected chi connectivity index (χ2v) is 6.79. The van der Waals surface area contributed by atoms with E-state index in [2.05, 4.69) is 5.32 Å². The summed E-state index contributed by atoms with van der Waals surface area (Å²) in [5.74, 6) is -6.18. The Labute approximate surface area is 167 Å². The minimum atomic E-state index is -1.48. The molecule has 158 valence electrons. The smallest absolute Gasteiger partial charge is 0.398 e. The Balaban J connectivity index is 1.97. The summed E-state index contributed by atoms with van der Waals surface area (Å²) in [6.45, 7) is -0.117. The van der Waals surface area contributed by atoms with Gasteiger partial charge in [-0.25, -0.2) is 19.2 Å². The molecule has 5 N–H and O–H groups in total. The Morgan fingerprint density at radius 3 is 2.47 bits per heavy atom. The van der Waals surface area contributed by atoms with Crippen LogP contribution in [-0.2, 0) is 20.8 Å². The second-order valence-electron chi connectivity index (χ2n) is 6.79. The predicted molar refractivity (Wildman–Crippen MR) is 92.9 cm³/mol. The maximum atomic E-state index is 12.3. The van der Waals surface area contributed by atoms with E-state index in [9.17, 15) is 34.2 Å². The third-order valence-electron chi connectivity index (χ3n) is 4.91. The van der Waals surface area contributed by atoms with Crippen molar-refractivity contribution in [2.24, 2.45) is 0 Å².